The molecule has 0 bridgehead atoms. The normalized spacial score (nSPS) is 18.2. The SMILES string of the molecule is O=C(O)C1(c2csc3ccccc23)CCC1. The van der Waals surface area contributed by atoms with Crippen molar-refractivity contribution < 1.29 is 9.90 Å². The Balaban J connectivity index is 2.22. The zero-order valence-corrected chi connectivity index (χ0v) is 9.59. The maximum atomic E-state index is 11.5. The molecule has 16 heavy (non-hydrogen) atoms. The predicted octanol–water partition coefficient (Wildman–Crippen LogP) is 3.41. The van der Waals surface area contributed by atoms with Gasteiger partial charge >= 0.3 is 5.97 Å². The molecule has 1 aromatic heterocycles. The summed E-state index contributed by atoms with van der Waals surface area (Å²) in [5.41, 5.74) is 0.423. The minimum Gasteiger partial charge on any atom is -0.481 e. The van der Waals surface area contributed by atoms with Crippen molar-refractivity contribution in [2.24, 2.45) is 0 Å². The van der Waals surface area contributed by atoms with Crippen LogP contribution in [0.1, 0.15) is 24.8 Å². The standard InChI is InChI=1S/C13H12O2S/c14-12(15)13(6-3-7-13)10-8-16-11-5-2-1-4-9(10)11/h1-2,4-5,8H,3,6-7H2,(H,14,15). The first-order chi connectivity index (χ1) is 7.74. The smallest absolute Gasteiger partial charge is 0.314 e. The number of rotatable bonds is 2. The molecule has 3 heteroatoms. The molecule has 0 unspecified atom stereocenters. The summed E-state index contributed by atoms with van der Waals surface area (Å²) in [5, 5.41) is 12.6. The number of aliphatic carboxylic acids is 1. The average molecular weight is 232 g/mol. The summed E-state index contributed by atoms with van der Waals surface area (Å²) < 4.78 is 1.19. The van der Waals surface area contributed by atoms with E-state index in [2.05, 4.69) is 6.07 Å². The number of carbonyl (C=O) groups is 1. The lowest BCUT2D eigenvalue weighted by Gasteiger charge is -2.37. The van der Waals surface area contributed by atoms with Gasteiger partial charge in [0.25, 0.3) is 0 Å². The molecule has 0 amide bonds. The van der Waals surface area contributed by atoms with Crippen LogP contribution in [0.2, 0.25) is 0 Å². The first kappa shape index (κ1) is 9.85. The van der Waals surface area contributed by atoms with Gasteiger partial charge in [0.2, 0.25) is 0 Å². The second-order valence-electron chi connectivity index (χ2n) is 4.39. The molecule has 1 aliphatic rings. The molecule has 1 heterocycles. The van der Waals surface area contributed by atoms with Crippen LogP contribution in [0.3, 0.4) is 0 Å². The van der Waals surface area contributed by atoms with Gasteiger partial charge in [0, 0.05) is 4.70 Å². The fourth-order valence-electron chi connectivity index (χ4n) is 2.48. The minimum atomic E-state index is -0.665. The highest BCUT2D eigenvalue weighted by molar-refractivity contribution is 7.17. The molecule has 1 N–H and O–H groups in total. The fourth-order valence-corrected chi connectivity index (χ4v) is 3.54. The molecule has 2 aromatic rings. The highest BCUT2D eigenvalue weighted by Gasteiger charge is 2.47. The summed E-state index contributed by atoms with van der Waals surface area (Å²) in [4.78, 5) is 11.5. The van der Waals surface area contributed by atoms with Gasteiger partial charge in [0.15, 0.2) is 0 Å². The van der Waals surface area contributed by atoms with Crippen LogP contribution in [0.15, 0.2) is 29.6 Å². The molecule has 0 radical (unpaired) electrons. The molecule has 2 nitrogen and oxygen atoms in total. The van der Waals surface area contributed by atoms with E-state index in [1.165, 1.54) is 4.70 Å². The third-order valence-electron chi connectivity index (χ3n) is 3.61. The number of carboxylic acids is 1. The lowest BCUT2D eigenvalue weighted by Crippen LogP contribution is -2.42. The Morgan fingerprint density at radius 1 is 1.31 bits per heavy atom. The molecule has 1 aliphatic carbocycles. The molecule has 82 valence electrons. The second kappa shape index (κ2) is 3.32. The highest BCUT2D eigenvalue weighted by Crippen LogP contribution is 2.47. The number of benzene rings is 1. The lowest BCUT2D eigenvalue weighted by atomic mass is 9.64. The number of hydrogen-bond acceptors (Lipinski definition) is 2. The number of carboxylic acid groups (broad SMARTS) is 1. The van der Waals surface area contributed by atoms with Gasteiger partial charge in [-0.15, -0.1) is 11.3 Å². The minimum absolute atomic E-state index is 0.598. The molecule has 0 aliphatic heterocycles. The van der Waals surface area contributed by atoms with Crippen LogP contribution in [-0.2, 0) is 10.2 Å². The summed E-state index contributed by atoms with van der Waals surface area (Å²) in [5.74, 6) is -0.665. The van der Waals surface area contributed by atoms with E-state index < -0.39 is 11.4 Å². The number of fused-ring (bicyclic) bond motifs is 1. The highest BCUT2D eigenvalue weighted by atomic mass is 32.1. The molecular weight excluding hydrogens is 220 g/mol. The van der Waals surface area contributed by atoms with Crippen molar-refractivity contribution in [3.05, 3.63) is 35.2 Å². The lowest BCUT2D eigenvalue weighted by molar-refractivity contribution is -0.147. The Bertz CT molecular complexity index is 552. The van der Waals surface area contributed by atoms with E-state index in [0.717, 1.165) is 30.2 Å². The first-order valence-corrected chi connectivity index (χ1v) is 6.32. The summed E-state index contributed by atoms with van der Waals surface area (Å²) in [7, 11) is 0. The first-order valence-electron chi connectivity index (χ1n) is 5.44. The Labute approximate surface area is 97.5 Å². The van der Waals surface area contributed by atoms with Gasteiger partial charge in [-0.25, -0.2) is 0 Å². The van der Waals surface area contributed by atoms with Crippen molar-refractivity contribution >= 4 is 27.4 Å². The van der Waals surface area contributed by atoms with Gasteiger partial charge in [-0.3, -0.25) is 4.79 Å². The third kappa shape index (κ3) is 1.15. The topological polar surface area (TPSA) is 37.3 Å². The summed E-state index contributed by atoms with van der Waals surface area (Å²) >= 11 is 1.64. The Kier molecular flexibility index (Phi) is 2.04. The van der Waals surface area contributed by atoms with Gasteiger partial charge in [0.1, 0.15) is 0 Å². The van der Waals surface area contributed by atoms with Crippen LogP contribution >= 0.6 is 11.3 Å². The van der Waals surface area contributed by atoms with E-state index in [4.69, 9.17) is 0 Å². The zero-order chi connectivity index (χ0) is 11.2. The van der Waals surface area contributed by atoms with Crippen LogP contribution in [-0.4, -0.2) is 11.1 Å². The number of thiophene rings is 1. The van der Waals surface area contributed by atoms with E-state index in [0.29, 0.717) is 0 Å². The molecule has 1 fully saturated rings. The van der Waals surface area contributed by atoms with Gasteiger partial charge in [-0.1, -0.05) is 24.6 Å². The van der Waals surface area contributed by atoms with Crippen molar-refractivity contribution in [2.45, 2.75) is 24.7 Å². The predicted molar refractivity (Wildman–Crippen MR) is 65.0 cm³/mol. The van der Waals surface area contributed by atoms with Crippen molar-refractivity contribution in [3.8, 4) is 0 Å². The van der Waals surface area contributed by atoms with Crippen molar-refractivity contribution in [1.29, 1.82) is 0 Å². The Morgan fingerprint density at radius 2 is 2.06 bits per heavy atom. The van der Waals surface area contributed by atoms with Crippen LogP contribution < -0.4 is 0 Å². The molecule has 0 saturated heterocycles. The van der Waals surface area contributed by atoms with Crippen LogP contribution in [0.25, 0.3) is 10.1 Å². The zero-order valence-electron chi connectivity index (χ0n) is 8.77. The van der Waals surface area contributed by atoms with Gasteiger partial charge < -0.3 is 5.11 Å². The van der Waals surface area contributed by atoms with Gasteiger partial charge in [-0.05, 0) is 35.2 Å². The molecule has 0 atom stereocenters. The van der Waals surface area contributed by atoms with Crippen LogP contribution in [0.4, 0.5) is 0 Å². The summed E-state index contributed by atoms with van der Waals surface area (Å²) in [6, 6.07) is 8.06. The maximum absolute atomic E-state index is 11.5. The summed E-state index contributed by atoms with van der Waals surface area (Å²) in [6.07, 6.45) is 2.59. The maximum Gasteiger partial charge on any atom is 0.314 e. The monoisotopic (exact) mass is 232 g/mol. The third-order valence-corrected chi connectivity index (χ3v) is 4.58. The van der Waals surface area contributed by atoms with E-state index >= 15 is 0 Å². The Hall–Kier alpha value is -1.35. The molecule has 1 saturated carbocycles. The molecule has 1 aromatic carbocycles. The van der Waals surface area contributed by atoms with E-state index in [9.17, 15) is 9.90 Å². The second-order valence-corrected chi connectivity index (χ2v) is 5.30. The number of hydrogen-bond donors (Lipinski definition) is 1. The quantitative estimate of drug-likeness (QED) is 0.861. The van der Waals surface area contributed by atoms with Crippen molar-refractivity contribution in [2.75, 3.05) is 0 Å². The molecule has 0 spiro atoms. The van der Waals surface area contributed by atoms with Crippen molar-refractivity contribution in [3.63, 3.8) is 0 Å². The molecule has 3 rings (SSSR count). The van der Waals surface area contributed by atoms with E-state index in [-0.39, 0.29) is 0 Å². The van der Waals surface area contributed by atoms with Crippen LogP contribution in [0, 0.1) is 0 Å². The molecular formula is C13H12O2S. The van der Waals surface area contributed by atoms with Crippen LogP contribution in [0.5, 0.6) is 0 Å². The largest absolute Gasteiger partial charge is 0.481 e. The Morgan fingerprint density at radius 3 is 2.69 bits per heavy atom. The average Bonchev–Trinajstić information content (AvgIpc) is 2.61. The van der Waals surface area contributed by atoms with Crippen molar-refractivity contribution in [1.82, 2.24) is 0 Å². The van der Waals surface area contributed by atoms with Gasteiger partial charge in [0.05, 0.1) is 5.41 Å². The van der Waals surface area contributed by atoms with Gasteiger partial charge in [-0.2, -0.15) is 0 Å². The fraction of sp³-hybridized carbons (Fsp3) is 0.308. The van der Waals surface area contributed by atoms with E-state index in [1.54, 1.807) is 11.3 Å². The van der Waals surface area contributed by atoms with E-state index in [1.807, 2.05) is 23.6 Å². The summed E-state index contributed by atoms with van der Waals surface area (Å²) in [6.45, 7) is 0.